The first kappa shape index (κ1) is 12.1. The number of ether oxygens (including phenoxy) is 2. The zero-order valence-corrected chi connectivity index (χ0v) is 10.3. The third-order valence-electron chi connectivity index (χ3n) is 2.08. The number of benzene rings is 1. The van der Waals surface area contributed by atoms with E-state index in [1.54, 1.807) is 7.11 Å². The van der Waals surface area contributed by atoms with Crippen LogP contribution in [0.3, 0.4) is 0 Å². The van der Waals surface area contributed by atoms with Crippen LogP contribution in [-0.2, 0) is 6.42 Å². The van der Waals surface area contributed by atoms with Gasteiger partial charge in [0.1, 0.15) is 5.75 Å². The molecule has 0 amide bonds. The van der Waals surface area contributed by atoms with Crippen LogP contribution < -0.4 is 15.2 Å². The van der Waals surface area contributed by atoms with Gasteiger partial charge in [-0.2, -0.15) is 0 Å². The monoisotopic (exact) mass is 275 g/mol. The van der Waals surface area contributed by atoms with Gasteiger partial charge in [-0.3, -0.25) is 0 Å². The first-order chi connectivity index (χ1) is 7.15. The standard InChI is InChI=1S/C10H14BrNO3/c1-14-8-5-7(13)6(3-4-12)9(11)10(8)15-2/h5,13H,3-4,12H2,1-2H3. The van der Waals surface area contributed by atoms with Crippen molar-refractivity contribution in [2.45, 2.75) is 6.42 Å². The van der Waals surface area contributed by atoms with Crippen LogP contribution in [0, 0.1) is 0 Å². The van der Waals surface area contributed by atoms with Crippen LogP contribution in [0.5, 0.6) is 17.2 Å². The molecule has 0 heterocycles. The van der Waals surface area contributed by atoms with Gasteiger partial charge in [0, 0.05) is 11.6 Å². The summed E-state index contributed by atoms with van der Waals surface area (Å²) >= 11 is 3.36. The summed E-state index contributed by atoms with van der Waals surface area (Å²) in [5.41, 5.74) is 6.19. The minimum absolute atomic E-state index is 0.157. The van der Waals surface area contributed by atoms with Gasteiger partial charge in [-0.1, -0.05) is 0 Å². The van der Waals surface area contributed by atoms with Gasteiger partial charge in [0.15, 0.2) is 11.5 Å². The molecule has 0 aliphatic carbocycles. The Hall–Kier alpha value is -0.940. The first-order valence-corrected chi connectivity index (χ1v) is 5.27. The number of aromatic hydroxyl groups is 1. The fraction of sp³-hybridized carbons (Fsp3) is 0.400. The van der Waals surface area contributed by atoms with Crippen molar-refractivity contribution in [3.8, 4) is 17.2 Å². The number of hydrogen-bond acceptors (Lipinski definition) is 4. The third kappa shape index (κ3) is 2.35. The molecule has 0 unspecified atom stereocenters. The Morgan fingerprint density at radius 2 is 2.07 bits per heavy atom. The molecular formula is C10H14BrNO3. The molecular weight excluding hydrogens is 262 g/mol. The number of methoxy groups -OCH3 is 2. The summed E-state index contributed by atoms with van der Waals surface area (Å²) in [6, 6.07) is 1.52. The maximum Gasteiger partial charge on any atom is 0.175 e. The lowest BCUT2D eigenvalue weighted by Gasteiger charge is -2.14. The van der Waals surface area contributed by atoms with Gasteiger partial charge in [-0.15, -0.1) is 0 Å². The van der Waals surface area contributed by atoms with E-state index in [-0.39, 0.29) is 5.75 Å². The number of phenols is 1. The van der Waals surface area contributed by atoms with Gasteiger partial charge in [0.25, 0.3) is 0 Å². The van der Waals surface area contributed by atoms with E-state index < -0.39 is 0 Å². The lowest BCUT2D eigenvalue weighted by Crippen LogP contribution is -2.04. The molecule has 4 nitrogen and oxygen atoms in total. The average molecular weight is 276 g/mol. The lowest BCUT2D eigenvalue weighted by atomic mass is 10.1. The highest BCUT2D eigenvalue weighted by Gasteiger charge is 2.16. The number of rotatable bonds is 4. The zero-order valence-electron chi connectivity index (χ0n) is 8.71. The number of nitrogens with two attached hydrogens (primary N) is 1. The maximum atomic E-state index is 9.73. The largest absolute Gasteiger partial charge is 0.507 e. The van der Waals surface area contributed by atoms with Crippen LogP contribution in [0.2, 0.25) is 0 Å². The summed E-state index contributed by atoms with van der Waals surface area (Å²) in [5, 5.41) is 9.73. The Balaban J connectivity index is 3.31. The summed E-state index contributed by atoms with van der Waals surface area (Å²) in [5.74, 6) is 1.21. The van der Waals surface area contributed by atoms with Crippen LogP contribution in [0.15, 0.2) is 10.5 Å². The normalized spacial score (nSPS) is 10.1. The fourth-order valence-electron chi connectivity index (χ4n) is 1.36. The maximum absolute atomic E-state index is 9.73. The van der Waals surface area contributed by atoms with Gasteiger partial charge in [-0.05, 0) is 28.9 Å². The predicted octanol–water partition coefficient (Wildman–Crippen LogP) is 1.67. The van der Waals surface area contributed by atoms with Gasteiger partial charge < -0.3 is 20.3 Å². The molecule has 3 N–H and O–H groups in total. The molecule has 0 saturated carbocycles. The van der Waals surface area contributed by atoms with Gasteiger partial charge >= 0.3 is 0 Å². The molecule has 5 heteroatoms. The SMILES string of the molecule is COc1cc(O)c(CCN)c(Br)c1OC. The minimum atomic E-state index is 0.157. The topological polar surface area (TPSA) is 64.7 Å². The minimum Gasteiger partial charge on any atom is -0.507 e. The van der Waals surface area contributed by atoms with E-state index in [4.69, 9.17) is 15.2 Å². The van der Waals surface area contributed by atoms with Crippen molar-refractivity contribution in [1.82, 2.24) is 0 Å². The van der Waals surface area contributed by atoms with E-state index in [2.05, 4.69) is 15.9 Å². The molecule has 1 aromatic rings. The zero-order chi connectivity index (χ0) is 11.4. The molecule has 0 aliphatic rings. The van der Waals surface area contributed by atoms with Crippen LogP contribution in [0.4, 0.5) is 0 Å². The van der Waals surface area contributed by atoms with Gasteiger partial charge in [0.2, 0.25) is 0 Å². The van der Waals surface area contributed by atoms with Crippen molar-refractivity contribution in [1.29, 1.82) is 0 Å². The van der Waals surface area contributed by atoms with E-state index >= 15 is 0 Å². The van der Waals surface area contributed by atoms with Crippen molar-refractivity contribution >= 4 is 15.9 Å². The molecule has 1 aromatic carbocycles. The van der Waals surface area contributed by atoms with Crippen molar-refractivity contribution in [2.75, 3.05) is 20.8 Å². The number of halogens is 1. The van der Waals surface area contributed by atoms with Crippen LogP contribution in [-0.4, -0.2) is 25.9 Å². The molecule has 0 radical (unpaired) electrons. The molecule has 1 rings (SSSR count). The molecule has 0 spiro atoms. The second-order valence-electron chi connectivity index (χ2n) is 2.96. The summed E-state index contributed by atoms with van der Waals surface area (Å²) in [7, 11) is 3.07. The predicted molar refractivity (Wildman–Crippen MR) is 61.7 cm³/mol. The molecule has 0 fully saturated rings. The second-order valence-corrected chi connectivity index (χ2v) is 3.76. The van der Waals surface area contributed by atoms with Gasteiger partial charge in [-0.25, -0.2) is 0 Å². The van der Waals surface area contributed by atoms with E-state index in [1.807, 2.05) is 0 Å². The highest BCUT2D eigenvalue weighted by Crippen LogP contribution is 2.42. The molecule has 0 aliphatic heterocycles. The van der Waals surface area contributed by atoms with Crippen LogP contribution >= 0.6 is 15.9 Å². The molecule has 84 valence electrons. The Labute approximate surface area is 97.1 Å². The second kappa shape index (κ2) is 5.23. The Morgan fingerprint density at radius 1 is 1.40 bits per heavy atom. The smallest absolute Gasteiger partial charge is 0.175 e. The first-order valence-electron chi connectivity index (χ1n) is 4.48. The summed E-state index contributed by atoms with van der Waals surface area (Å²) in [6.07, 6.45) is 0.576. The third-order valence-corrected chi connectivity index (χ3v) is 2.92. The van der Waals surface area contributed by atoms with E-state index in [9.17, 15) is 5.11 Å². The molecule has 0 aromatic heterocycles. The fourth-order valence-corrected chi connectivity index (χ4v) is 2.12. The lowest BCUT2D eigenvalue weighted by molar-refractivity contribution is 0.348. The van der Waals surface area contributed by atoms with Crippen LogP contribution in [0.1, 0.15) is 5.56 Å². The van der Waals surface area contributed by atoms with Gasteiger partial charge in [0.05, 0.1) is 18.7 Å². The molecule has 0 saturated heterocycles. The summed E-state index contributed by atoms with van der Waals surface area (Å²) in [4.78, 5) is 0. The Bertz CT molecular complexity index is 355. The van der Waals surface area contributed by atoms with E-state index in [1.165, 1.54) is 13.2 Å². The number of phenolic OH excluding ortho intramolecular Hbond substituents is 1. The molecule has 0 atom stereocenters. The Morgan fingerprint density at radius 3 is 2.53 bits per heavy atom. The van der Waals surface area contributed by atoms with Crippen molar-refractivity contribution in [3.63, 3.8) is 0 Å². The molecule has 0 bridgehead atoms. The van der Waals surface area contributed by atoms with Crippen molar-refractivity contribution in [2.24, 2.45) is 5.73 Å². The van der Waals surface area contributed by atoms with E-state index in [0.29, 0.717) is 28.9 Å². The quantitative estimate of drug-likeness (QED) is 0.878. The Kier molecular flexibility index (Phi) is 4.23. The van der Waals surface area contributed by atoms with Crippen molar-refractivity contribution < 1.29 is 14.6 Å². The average Bonchev–Trinajstić information content (AvgIpc) is 2.23. The highest BCUT2D eigenvalue weighted by atomic mass is 79.9. The summed E-state index contributed by atoms with van der Waals surface area (Å²) < 4.78 is 11.0. The summed E-state index contributed by atoms with van der Waals surface area (Å²) in [6.45, 7) is 0.460. The van der Waals surface area contributed by atoms with Crippen molar-refractivity contribution in [3.05, 3.63) is 16.1 Å². The highest BCUT2D eigenvalue weighted by molar-refractivity contribution is 9.10. The molecule has 15 heavy (non-hydrogen) atoms. The van der Waals surface area contributed by atoms with Crippen LogP contribution in [0.25, 0.3) is 0 Å². The van der Waals surface area contributed by atoms with E-state index in [0.717, 1.165) is 5.56 Å². The number of hydrogen-bond donors (Lipinski definition) is 2.